The Labute approximate surface area is 163 Å². The van der Waals surface area contributed by atoms with Gasteiger partial charge in [0.1, 0.15) is 5.82 Å². The molecule has 0 radical (unpaired) electrons. The molecule has 0 aliphatic heterocycles. The van der Waals surface area contributed by atoms with Gasteiger partial charge in [0.25, 0.3) is 0 Å². The third kappa shape index (κ3) is 9.68. The number of nitrogens with one attached hydrogen (secondary N) is 3. The van der Waals surface area contributed by atoms with E-state index in [1.54, 1.807) is 0 Å². The van der Waals surface area contributed by atoms with Gasteiger partial charge in [-0.25, -0.2) is 4.98 Å². The molecule has 1 aromatic rings. The van der Waals surface area contributed by atoms with Crippen LogP contribution in [0.1, 0.15) is 19.4 Å². The van der Waals surface area contributed by atoms with Crippen LogP contribution in [0, 0.1) is 0 Å². The van der Waals surface area contributed by atoms with Crippen molar-refractivity contribution in [3.8, 4) is 0 Å². The van der Waals surface area contributed by atoms with Crippen molar-refractivity contribution >= 4 is 35.8 Å². The molecule has 144 valence electrons. The lowest BCUT2D eigenvalue weighted by Gasteiger charge is -2.14. The van der Waals surface area contributed by atoms with E-state index in [1.807, 2.05) is 13.8 Å². The number of hydrogen-bond donors (Lipinski definition) is 3. The summed E-state index contributed by atoms with van der Waals surface area (Å²) in [6, 6.07) is 2.27. The van der Waals surface area contributed by atoms with Gasteiger partial charge in [0.15, 0.2) is 5.96 Å². The van der Waals surface area contributed by atoms with Crippen LogP contribution in [0.15, 0.2) is 23.3 Å². The number of anilines is 1. The molecular weight excluding hydrogens is 450 g/mol. The lowest BCUT2D eigenvalue weighted by atomic mass is 10.2. The minimum Gasteiger partial charge on any atom is -0.380 e. The van der Waals surface area contributed by atoms with Crippen LogP contribution in [-0.2, 0) is 10.9 Å². The molecule has 1 aromatic heterocycles. The number of aliphatic imine (C=N–C) groups is 1. The molecule has 0 aliphatic carbocycles. The Balaban J connectivity index is 0.00000576. The Kier molecular flexibility index (Phi) is 12.3. The summed E-state index contributed by atoms with van der Waals surface area (Å²) in [5.74, 6) is 0.418. The molecule has 0 spiro atoms. The second-order valence-electron chi connectivity index (χ2n) is 4.71. The van der Waals surface area contributed by atoms with Crippen LogP contribution in [0.3, 0.4) is 0 Å². The smallest absolute Gasteiger partial charge is 0.380 e. The number of aromatic nitrogens is 1. The van der Waals surface area contributed by atoms with Crippen molar-refractivity contribution in [3.63, 3.8) is 0 Å². The Morgan fingerprint density at radius 2 is 2.00 bits per heavy atom. The first kappa shape index (κ1) is 23.7. The molecule has 0 atom stereocenters. The minimum absolute atomic E-state index is 0. The summed E-state index contributed by atoms with van der Waals surface area (Å²) in [6.07, 6.45) is -3.11. The van der Waals surface area contributed by atoms with E-state index in [2.05, 4.69) is 25.9 Å². The summed E-state index contributed by atoms with van der Waals surface area (Å²) in [5, 5.41) is 8.78. The Morgan fingerprint density at radius 1 is 1.24 bits per heavy atom. The summed E-state index contributed by atoms with van der Waals surface area (Å²) in [5.41, 5.74) is -0.776. The van der Waals surface area contributed by atoms with Gasteiger partial charge in [0, 0.05) is 32.4 Å². The van der Waals surface area contributed by atoms with Gasteiger partial charge in [-0.2, -0.15) is 13.2 Å². The van der Waals surface area contributed by atoms with Gasteiger partial charge in [-0.15, -0.1) is 24.0 Å². The van der Waals surface area contributed by atoms with Crippen molar-refractivity contribution < 1.29 is 17.9 Å². The summed E-state index contributed by atoms with van der Waals surface area (Å²) in [6.45, 7) is 6.86. The van der Waals surface area contributed by atoms with E-state index in [1.165, 1.54) is 12.3 Å². The molecule has 25 heavy (non-hydrogen) atoms. The number of rotatable bonds is 9. The third-order valence-electron chi connectivity index (χ3n) is 2.88. The molecule has 0 unspecified atom stereocenters. The first-order valence-electron chi connectivity index (χ1n) is 7.85. The molecule has 0 saturated heterocycles. The highest BCUT2D eigenvalue weighted by Gasteiger charge is 2.33. The lowest BCUT2D eigenvalue weighted by molar-refractivity contribution is -0.137. The molecule has 0 aromatic carbocycles. The maximum absolute atomic E-state index is 12.9. The van der Waals surface area contributed by atoms with Crippen LogP contribution in [0.2, 0.25) is 0 Å². The van der Waals surface area contributed by atoms with Crippen LogP contribution in [0.4, 0.5) is 19.0 Å². The van der Waals surface area contributed by atoms with Gasteiger partial charge in [-0.3, -0.25) is 4.99 Å². The fraction of sp³-hybridized carbons (Fsp3) is 0.600. The monoisotopic (exact) mass is 475 g/mol. The predicted molar refractivity (Wildman–Crippen MR) is 104 cm³/mol. The van der Waals surface area contributed by atoms with E-state index in [-0.39, 0.29) is 36.3 Å². The van der Waals surface area contributed by atoms with Gasteiger partial charge in [-0.1, -0.05) is 0 Å². The molecule has 0 fully saturated rings. The number of halogens is 4. The number of hydrogen-bond acceptors (Lipinski definition) is 4. The molecule has 0 bridgehead atoms. The number of nitrogens with zero attached hydrogens (tertiary/aromatic N) is 2. The zero-order chi connectivity index (χ0) is 17.8. The fourth-order valence-corrected chi connectivity index (χ4v) is 1.84. The first-order chi connectivity index (χ1) is 11.5. The van der Waals surface area contributed by atoms with Crippen LogP contribution >= 0.6 is 24.0 Å². The number of guanidine groups is 1. The maximum Gasteiger partial charge on any atom is 0.419 e. The van der Waals surface area contributed by atoms with Crippen LogP contribution < -0.4 is 16.0 Å². The lowest BCUT2D eigenvalue weighted by Crippen LogP contribution is -2.39. The van der Waals surface area contributed by atoms with E-state index in [0.29, 0.717) is 38.8 Å². The highest BCUT2D eigenvalue weighted by Crippen LogP contribution is 2.33. The zero-order valence-corrected chi connectivity index (χ0v) is 16.6. The van der Waals surface area contributed by atoms with E-state index >= 15 is 0 Å². The number of ether oxygens (including phenoxy) is 1. The Morgan fingerprint density at radius 3 is 2.64 bits per heavy atom. The molecule has 1 heterocycles. The highest BCUT2D eigenvalue weighted by molar-refractivity contribution is 14.0. The van der Waals surface area contributed by atoms with Gasteiger partial charge in [0.05, 0.1) is 18.7 Å². The third-order valence-corrected chi connectivity index (χ3v) is 2.88. The molecular formula is C15H25F3IN5O. The van der Waals surface area contributed by atoms with E-state index < -0.39 is 11.7 Å². The van der Waals surface area contributed by atoms with Crippen molar-refractivity contribution in [2.24, 2.45) is 4.99 Å². The quantitative estimate of drug-likeness (QED) is 0.222. The largest absolute Gasteiger partial charge is 0.419 e. The molecule has 0 saturated carbocycles. The topological polar surface area (TPSA) is 70.6 Å². The molecule has 6 nitrogen and oxygen atoms in total. The fourth-order valence-electron chi connectivity index (χ4n) is 1.84. The first-order valence-corrected chi connectivity index (χ1v) is 7.85. The average Bonchev–Trinajstić information content (AvgIpc) is 2.55. The molecule has 3 N–H and O–H groups in total. The van der Waals surface area contributed by atoms with Crippen molar-refractivity contribution in [2.75, 3.05) is 44.7 Å². The van der Waals surface area contributed by atoms with Gasteiger partial charge in [-0.05, 0) is 26.0 Å². The van der Waals surface area contributed by atoms with Crippen LogP contribution in [0.5, 0.6) is 0 Å². The van der Waals surface area contributed by atoms with Crippen molar-refractivity contribution in [1.29, 1.82) is 0 Å². The average molecular weight is 475 g/mol. The summed E-state index contributed by atoms with van der Waals surface area (Å²) >= 11 is 0. The van der Waals surface area contributed by atoms with Crippen LogP contribution in [-0.4, -0.2) is 50.3 Å². The van der Waals surface area contributed by atoms with Crippen molar-refractivity contribution in [1.82, 2.24) is 15.6 Å². The second-order valence-corrected chi connectivity index (χ2v) is 4.71. The molecule has 1 rings (SSSR count). The van der Waals surface area contributed by atoms with Gasteiger partial charge >= 0.3 is 6.18 Å². The van der Waals surface area contributed by atoms with Crippen molar-refractivity contribution in [3.05, 3.63) is 23.9 Å². The number of alkyl halides is 3. The van der Waals surface area contributed by atoms with Crippen molar-refractivity contribution in [2.45, 2.75) is 20.0 Å². The minimum atomic E-state index is -4.43. The molecule has 10 heteroatoms. The Hall–Kier alpha value is -1.30. The molecule has 0 amide bonds. The van der Waals surface area contributed by atoms with Gasteiger partial charge < -0.3 is 20.7 Å². The van der Waals surface area contributed by atoms with E-state index in [0.717, 1.165) is 6.07 Å². The highest BCUT2D eigenvalue weighted by atomic mass is 127. The zero-order valence-electron chi connectivity index (χ0n) is 14.3. The Bertz CT molecular complexity index is 514. The van der Waals surface area contributed by atoms with Gasteiger partial charge in [0.2, 0.25) is 0 Å². The second kappa shape index (κ2) is 13.0. The summed E-state index contributed by atoms with van der Waals surface area (Å²) in [4.78, 5) is 8.05. The normalized spacial score (nSPS) is 11.6. The summed E-state index contributed by atoms with van der Waals surface area (Å²) in [7, 11) is 0. The standard InChI is InChI=1S/C15H24F3N5O.HI/c1-3-19-14(23-10-11-24-4-2)22-9-8-21-13-12(15(16,17)18)6-5-7-20-13;/h5-7H,3-4,8-11H2,1-2H3,(H,20,21)(H2,19,22,23);1H. The predicted octanol–water partition coefficient (Wildman–Crippen LogP) is 2.72. The SMILES string of the molecule is CCNC(=NCCOCC)NCCNc1ncccc1C(F)(F)F.I. The summed E-state index contributed by atoms with van der Waals surface area (Å²) < 4.78 is 43.8. The maximum atomic E-state index is 12.9. The van der Waals surface area contributed by atoms with E-state index in [4.69, 9.17) is 4.74 Å². The van der Waals surface area contributed by atoms with Crippen LogP contribution in [0.25, 0.3) is 0 Å². The van der Waals surface area contributed by atoms with E-state index in [9.17, 15) is 13.2 Å². The number of pyridine rings is 1. The molecule has 0 aliphatic rings.